The third kappa shape index (κ3) is 24.2. The van der Waals surface area contributed by atoms with Gasteiger partial charge in [0.25, 0.3) is 0 Å². The molecule has 0 aliphatic carbocycles. The fourth-order valence-electron chi connectivity index (χ4n) is 3.61. The lowest BCUT2D eigenvalue weighted by Gasteiger charge is -2.18. The molecule has 0 radical (unpaired) electrons. The van der Waals surface area contributed by atoms with E-state index in [4.69, 9.17) is 19.3 Å². The first-order valence-electron chi connectivity index (χ1n) is 13.3. The molecule has 0 aromatic rings. The topological polar surface area (TPSA) is 119 Å². The highest BCUT2D eigenvalue weighted by atomic mass is 31.2. The van der Waals surface area contributed by atoms with Gasteiger partial charge in [0, 0.05) is 12.8 Å². The average Bonchev–Trinajstić information content (AvgIpc) is 2.78. The molecule has 202 valence electrons. The summed E-state index contributed by atoms with van der Waals surface area (Å²) in [5.74, 6) is -0.895. The molecule has 0 aromatic heterocycles. The van der Waals surface area contributed by atoms with Gasteiger partial charge in [0.15, 0.2) is 6.10 Å². The van der Waals surface area contributed by atoms with Crippen molar-refractivity contribution >= 4 is 19.8 Å². The molecule has 0 heterocycles. The van der Waals surface area contributed by atoms with Gasteiger partial charge in [0.05, 0.1) is 6.61 Å². The largest absolute Gasteiger partial charge is 0.469 e. The number of carbonyl (C=O) groups excluding carboxylic acids is 2. The number of phosphoric acid groups is 1. The van der Waals surface area contributed by atoms with E-state index in [1.807, 2.05) is 0 Å². The van der Waals surface area contributed by atoms with E-state index in [0.29, 0.717) is 6.42 Å². The minimum atomic E-state index is -4.72. The maximum absolute atomic E-state index is 12.1. The van der Waals surface area contributed by atoms with Crippen LogP contribution in [0.1, 0.15) is 129 Å². The fraction of sp³-hybridized carbons (Fsp3) is 0.920. The van der Waals surface area contributed by atoms with Crippen LogP contribution in [0.2, 0.25) is 0 Å². The number of hydrogen-bond acceptors (Lipinski definition) is 6. The van der Waals surface area contributed by atoms with Crippen LogP contribution in [-0.4, -0.2) is 41.0 Å². The molecule has 0 unspecified atom stereocenters. The maximum atomic E-state index is 12.1. The third-order valence-electron chi connectivity index (χ3n) is 5.63. The molecular formula is C25H49O8P. The fourth-order valence-corrected chi connectivity index (χ4v) is 3.97. The second-order valence-electron chi connectivity index (χ2n) is 9.03. The van der Waals surface area contributed by atoms with Gasteiger partial charge in [-0.2, -0.15) is 0 Å². The zero-order valence-electron chi connectivity index (χ0n) is 21.5. The first kappa shape index (κ1) is 33.0. The van der Waals surface area contributed by atoms with E-state index in [1.54, 1.807) is 0 Å². The van der Waals surface area contributed by atoms with Crippen LogP contribution in [0, 0.1) is 0 Å². The lowest BCUT2D eigenvalue weighted by molar-refractivity contribution is -0.161. The summed E-state index contributed by atoms with van der Waals surface area (Å²) in [6.07, 6.45) is 17.2. The Labute approximate surface area is 206 Å². The van der Waals surface area contributed by atoms with Crippen molar-refractivity contribution < 1.29 is 37.9 Å². The van der Waals surface area contributed by atoms with E-state index in [2.05, 4.69) is 18.4 Å². The number of carbonyl (C=O) groups is 2. The molecule has 8 nitrogen and oxygen atoms in total. The summed E-state index contributed by atoms with van der Waals surface area (Å²) < 4.78 is 25.9. The normalized spacial score (nSPS) is 12.5. The van der Waals surface area contributed by atoms with Crippen molar-refractivity contribution in [1.29, 1.82) is 0 Å². The van der Waals surface area contributed by atoms with Crippen LogP contribution in [0.3, 0.4) is 0 Å². The quantitative estimate of drug-likeness (QED) is 0.0849. The highest BCUT2D eigenvalue weighted by Gasteiger charge is 2.22. The number of ether oxygens (including phenoxy) is 2. The zero-order valence-corrected chi connectivity index (χ0v) is 22.4. The van der Waals surface area contributed by atoms with Crippen molar-refractivity contribution in [1.82, 2.24) is 0 Å². The SMILES string of the molecule is CCCCCCCCCCCCC(=O)OC[C@H](COP(=O)(O)O)OC(=O)CCCCCCCC. The van der Waals surface area contributed by atoms with Gasteiger partial charge < -0.3 is 19.3 Å². The summed E-state index contributed by atoms with van der Waals surface area (Å²) in [6.45, 7) is 3.54. The van der Waals surface area contributed by atoms with Crippen LogP contribution in [0.25, 0.3) is 0 Å². The molecule has 9 heteroatoms. The molecule has 0 fully saturated rings. The third-order valence-corrected chi connectivity index (χ3v) is 6.11. The summed E-state index contributed by atoms with van der Waals surface area (Å²) >= 11 is 0. The molecule has 2 N–H and O–H groups in total. The Balaban J connectivity index is 4.08. The maximum Gasteiger partial charge on any atom is 0.469 e. The molecule has 0 aromatic carbocycles. The molecule has 34 heavy (non-hydrogen) atoms. The van der Waals surface area contributed by atoms with Gasteiger partial charge in [-0.3, -0.25) is 14.1 Å². The van der Waals surface area contributed by atoms with Crippen molar-refractivity contribution in [2.45, 2.75) is 136 Å². The first-order chi connectivity index (χ1) is 16.3. The molecule has 0 rings (SSSR count). The Morgan fingerprint density at radius 3 is 1.50 bits per heavy atom. The number of esters is 2. The van der Waals surface area contributed by atoms with Gasteiger partial charge in [0.2, 0.25) is 0 Å². The van der Waals surface area contributed by atoms with Gasteiger partial charge in [-0.25, -0.2) is 4.57 Å². The van der Waals surface area contributed by atoms with Gasteiger partial charge in [0.1, 0.15) is 6.61 Å². The molecule has 0 aliphatic heterocycles. The molecule has 0 aliphatic rings. The van der Waals surface area contributed by atoms with Gasteiger partial charge in [-0.15, -0.1) is 0 Å². The van der Waals surface area contributed by atoms with Gasteiger partial charge >= 0.3 is 19.8 Å². The van der Waals surface area contributed by atoms with Crippen LogP contribution in [-0.2, 0) is 28.2 Å². The lowest BCUT2D eigenvalue weighted by atomic mass is 10.1. The van der Waals surface area contributed by atoms with Crippen LogP contribution >= 0.6 is 7.82 Å². The van der Waals surface area contributed by atoms with Crippen LogP contribution in [0.5, 0.6) is 0 Å². The summed E-state index contributed by atoms with van der Waals surface area (Å²) in [7, 11) is -4.72. The predicted octanol–water partition coefficient (Wildman–Crippen LogP) is 6.61. The van der Waals surface area contributed by atoms with Crippen molar-refractivity contribution in [2.75, 3.05) is 13.2 Å². The monoisotopic (exact) mass is 508 g/mol. The molecule has 0 spiro atoms. The second-order valence-corrected chi connectivity index (χ2v) is 10.3. The Morgan fingerprint density at radius 1 is 0.647 bits per heavy atom. The van der Waals surface area contributed by atoms with E-state index in [9.17, 15) is 14.2 Å². The average molecular weight is 509 g/mol. The van der Waals surface area contributed by atoms with Crippen LogP contribution in [0.4, 0.5) is 0 Å². The second kappa shape index (κ2) is 22.5. The zero-order chi connectivity index (χ0) is 25.5. The molecule has 1 atom stereocenters. The number of phosphoric ester groups is 1. The Bertz CT molecular complexity index is 549. The first-order valence-corrected chi connectivity index (χ1v) is 14.9. The van der Waals surface area contributed by atoms with E-state index in [0.717, 1.165) is 44.9 Å². The predicted molar refractivity (Wildman–Crippen MR) is 133 cm³/mol. The summed E-state index contributed by atoms with van der Waals surface area (Å²) in [5.41, 5.74) is 0. The van der Waals surface area contributed by atoms with E-state index in [1.165, 1.54) is 51.4 Å². The molecule has 0 amide bonds. The molecule has 0 saturated carbocycles. The molecule has 0 bridgehead atoms. The minimum Gasteiger partial charge on any atom is -0.462 e. The Kier molecular flexibility index (Phi) is 21.9. The molecule has 0 saturated heterocycles. The van der Waals surface area contributed by atoms with Crippen molar-refractivity contribution in [3.63, 3.8) is 0 Å². The summed E-state index contributed by atoms with van der Waals surface area (Å²) in [5, 5.41) is 0. The number of unbranched alkanes of at least 4 members (excludes halogenated alkanes) is 14. The summed E-state index contributed by atoms with van der Waals surface area (Å²) in [4.78, 5) is 41.9. The number of hydrogen-bond donors (Lipinski definition) is 2. The van der Waals surface area contributed by atoms with E-state index in [-0.39, 0.29) is 19.4 Å². The Morgan fingerprint density at radius 2 is 1.06 bits per heavy atom. The Hall–Kier alpha value is -0.950. The lowest BCUT2D eigenvalue weighted by Crippen LogP contribution is -2.29. The van der Waals surface area contributed by atoms with Crippen LogP contribution in [0.15, 0.2) is 0 Å². The highest BCUT2D eigenvalue weighted by Crippen LogP contribution is 2.35. The number of rotatable bonds is 24. The standard InChI is InChI=1S/C25H49O8P/c1-3-5-7-9-11-12-13-14-16-17-19-24(26)31-21-23(22-32-34(28,29)30)33-25(27)20-18-15-10-8-6-4-2/h23H,3-22H2,1-2H3,(H2,28,29,30)/t23-/m1/s1. The van der Waals surface area contributed by atoms with Gasteiger partial charge in [-0.05, 0) is 12.8 Å². The minimum absolute atomic E-state index is 0.213. The van der Waals surface area contributed by atoms with Crippen LogP contribution < -0.4 is 0 Å². The van der Waals surface area contributed by atoms with E-state index < -0.39 is 32.5 Å². The molecular weight excluding hydrogens is 459 g/mol. The summed E-state index contributed by atoms with van der Waals surface area (Å²) in [6, 6.07) is 0. The van der Waals surface area contributed by atoms with Crippen molar-refractivity contribution in [3.8, 4) is 0 Å². The van der Waals surface area contributed by atoms with Crippen molar-refractivity contribution in [3.05, 3.63) is 0 Å². The van der Waals surface area contributed by atoms with Gasteiger partial charge in [-0.1, -0.05) is 104 Å². The highest BCUT2D eigenvalue weighted by molar-refractivity contribution is 7.46. The van der Waals surface area contributed by atoms with E-state index >= 15 is 0 Å². The smallest absolute Gasteiger partial charge is 0.462 e. The van der Waals surface area contributed by atoms with Crippen molar-refractivity contribution in [2.24, 2.45) is 0 Å².